The maximum absolute atomic E-state index is 12.9. The van der Waals surface area contributed by atoms with Crippen molar-refractivity contribution < 1.29 is 22.7 Å². The van der Waals surface area contributed by atoms with Gasteiger partial charge in [0.1, 0.15) is 17.2 Å². The third-order valence-corrected chi connectivity index (χ3v) is 9.18. The smallest absolute Gasteiger partial charge is 0.254 e. The number of para-hydroxylation sites is 1. The van der Waals surface area contributed by atoms with Crippen LogP contribution >= 0.6 is 0 Å². The molecule has 1 aliphatic rings. The van der Waals surface area contributed by atoms with Crippen LogP contribution in [0, 0.1) is 13.8 Å². The van der Waals surface area contributed by atoms with Crippen LogP contribution in [0.4, 0.5) is 0 Å². The summed E-state index contributed by atoms with van der Waals surface area (Å²) in [6.07, 6.45) is 4.97. The van der Waals surface area contributed by atoms with Gasteiger partial charge in [-0.25, -0.2) is 8.42 Å². The van der Waals surface area contributed by atoms with E-state index in [0.29, 0.717) is 34.8 Å². The second-order valence-corrected chi connectivity index (χ2v) is 12.7. The highest BCUT2D eigenvalue weighted by molar-refractivity contribution is 7.91. The molecule has 0 aliphatic heterocycles. The predicted octanol–water partition coefficient (Wildman–Crippen LogP) is 5.47. The summed E-state index contributed by atoms with van der Waals surface area (Å²) in [7, 11) is -1.86. The number of carbonyl (C=O) groups is 1. The SMILES string of the molecule is CCC(=O)NC1CCC(Oc2cc(=O)n(C)cc2-c2cc(S(=O)(=O)CC)ccc2Oc2c(C)cccc2C)CC1. The molecule has 214 valence electrons. The highest BCUT2D eigenvalue weighted by atomic mass is 32.2. The van der Waals surface area contributed by atoms with Crippen molar-refractivity contribution in [2.45, 2.75) is 76.8 Å². The number of rotatable bonds is 9. The number of ether oxygens (including phenoxy) is 2. The number of benzene rings is 2. The van der Waals surface area contributed by atoms with Crippen molar-refractivity contribution in [1.29, 1.82) is 0 Å². The van der Waals surface area contributed by atoms with E-state index in [2.05, 4.69) is 5.32 Å². The number of hydrogen-bond acceptors (Lipinski definition) is 6. The van der Waals surface area contributed by atoms with E-state index in [-0.39, 0.29) is 34.3 Å². The van der Waals surface area contributed by atoms with Gasteiger partial charge in [-0.05, 0) is 68.9 Å². The average molecular weight is 567 g/mol. The van der Waals surface area contributed by atoms with E-state index in [1.807, 2.05) is 39.0 Å². The highest BCUT2D eigenvalue weighted by Crippen LogP contribution is 2.41. The molecule has 1 fully saturated rings. The van der Waals surface area contributed by atoms with Gasteiger partial charge in [-0.15, -0.1) is 0 Å². The molecule has 0 atom stereocenters. The Balaban J connectivity index is 1.76. The third-order valence-electron chi connectivity index (χ3n) is 7.45. The van der Waals surface area contributed by atoms with Crippen molar-refractivity contribution in [2.24, 2.45) is 7.05 Å². The fourth-order valence-electron chi connectivity index (χ4n) is 4.99. The first kappa shape index (κ1) is 29.4. The van der Waals surface area contributed by atoms with Gasteiger partial charge < -0.3 is 19.4 Å². The summed E-state index contributed by atoms with van der Waals surface area (Å²) in [4.78, 5) is 24.7. The topological polar surface area (TPSA) is 104 Å². The summed E-state index contributed by atoms with van der Waals surface area (Å²) in [6.45, 7) is 7.35. The Morgan fingerprint density at radius 2 is 1.65 bits per heavy atom. The lowest BCUT2D eigenvalue weighted by Crippen LogP contribution is -2.39. The molecule has 1 heterocycles. The lowest BCUT2D eigenvalue weighted by Gasteiger charge is -2.30. The second kappa shape index (κ2) is 12.3. The van der Waals surface area contributed by atoms with Crippen molar-refractivity contribution in [2.75, 3.05) is 5.75 Å². The van der Waals surface area contributed by atoms with Crippen LogP contribution < -0.4 is 20.3 Å². The molecular formula is C31H38N2O6S. The Bertz CT molecular complexity index is 1530. The van der Waals surface area contributed by atoms with Gasteiger partial charge in [0, 0.05) is 42.9 Å². The zero-order valence-electron chi connectivity index (χ0n) is 23.8. The molecule has 2 aromatic carbocycles. The first-order chi connectivity index (χ1) is 19.0. The van der Waals surface area contributed by atoms with Gasteiger partial charge in [0.25, 0.3) is 5.56 Å². The van der Waals surface area contributed by atoms with E-state index in [0.717, 1.165) is 36.8 Å². The van der Waals surface area contributed by atoms with Crippen molar-refractivity contribution in [3.8, 4) is 28.4 Å². The molecular weight excluding hydrogens is 528 g/mol. The van der Waals surface area contributed by atoms with E-state index >= 15 is 0 Å². The Kier molecular flexibility index (Phi) is 9.03. The Morgan fingerprint density at radius 1 is 0.975 bits per heavy atom. The summed E-state index contributed by atoms with van der Waals surface area (Å²) < 4.78 is 40.0. The Labute approximate surface area is 236 Å². The minimum absolute atomic E-state index is 0.0385. The number of amides is 1. The van der Waals surface area contributed by atoms with Gasteiger partial charge in [-0.3, -0.25) is 9.59 Å². The van der Waals surface area contributed by atoms with Crippen LogP contribution in [0.25, 0.3) is 11.1 Å². The highest BCUT2D eigenvalue weighted by Gasteiger charge is 2.26. The molecule has 3 aromatic rings. The largest absolute Gasteiger partial charge is 0.490 e. The molecule has 0 spiro atoms. The van der Waals surface area contributed by atoms with Crippen molar-refractivity contribution in [3.63, 3.8) is 0 Å². The number of nitrogens with zero attached hydrogens (tertiary/aromatic N) is 1. The number of aromatic nitrogens is 1. The summed E-state index contributed by atoms with van der Waals surface area (Å²) in [6, 6.07) is 12.3. The predicted molar refractivity (Wildman–Crippen MR) is 156 cm³/mol. The first-order valence-corrected chi connectivity index (χ1v) is 15.5. The van der Waals surface area contributed by atoms with Gasteiger partial charge in [0.15, 0.2) is 9.84 Å². The van der Waals surface area contributed by atoms with Crippen LogP contribution in [0.1, 0.15) is 57.1 Å². The molecule has 0 bridgehead atoms. The van der Waals surface area contributed by atoms with E-state index in [1.54, 1.807) is 38.4 Å². The Morgan fingerprint density at radius 3 is 2.27 bits per heavy atom. The molecule has 0 radical (unpaired) electrons. The molecule has 8 nitrogen and oxygen atoms in total. The van der Waals surface area contributed by atoms with Gasteiger partial charge in [0.2, 0.25) is 5.91 Å². The number of sulfone groups is 1. The summed E-state index contributed by atoms with van der Waals surface area (Å²) >= 11 is 0. The molecule has 40 heavy (non-hydrogen) atoms. The standard InChI is InChI=1S/C31H38N2O6S/c1-6-29(34)32-22-11-13-23(14-12-22)38-28-18-30(35)33(5)19-26(28)25-17-24(40(36,37)7-2)15-16-27(25)39-31-20(3)9-8-10-21(31)4/h8-10,15-19,22-23H,6-7,11-14H2,1-5H3,(H,32,34). The van der Waals surface area contributed by atoms with Crippen LogP contribution in [0.5, 0.6) is 17.2 Å². The molecule has 1 amide bonds. The average Bonchev–Trinajstić information content (AvgIpc) is 2.93. The minimum atomic E-state index is -3.51. The van der Waals surface area contributed by atoms with Gasteiger partial charge in [-0.2, -0.15) is 0 Å². The quantitative estimate of drug-likeness (QED) is 0.368. The summed E-state index contributed by atoms with van der Waals surface area (Å²) in [5.74, 6) is 1.52. The second-order valence-electron chi connectivity index (χ2n) is 10.4. The zero-order valence-corrected chi connectivity index (χ0v) is 24.6. The number of nitrogens with one attached hydrogen (secondary N) is 1. The summed E-state index contributed by atoms with van der Waals surface area (Å²) in [5.41, 5.74) is 2.74. The van der Waals surface area contributed by atoms with Crippen molar-refractivity contribution in [3.05, 3.63) is 70.1 Å². The lowest BCUT2D eigenvalue weighted by atomic mass is 9.92. The van der Waals surface area contributed by atoms with Crippen LogP contribution in [0.3, 0.4) is 0 Å². The van der Waals surface area contributed by atoms with Gasteiger partial charge >= 0.3 is 0 Å². The number of carbonyl (C=O) groups excluding carboxylic acids is 1. The summed E-state index contributed by atoms with van der Waals surface area (Å²) in [5, 5.41) is 3.05. The molecule has 1 saturated carbocycles. The van der Waals surface area contributed by atoms with Crippen LogP contribution in [0.15, 0.2) is 58.4 Å². The maximum atomic E-state index is 12.9. The Hall–Kier alpha value is -3.59. The molecule has 0 saturated heterocycles. The normalized spacial score (nSPS) is 17.3. The maximum Gasteiger partial charge on any atom is 0.254 e. The zero-order chi connectivity index (χ0) is 29.0. The van der Waals surface area contributed by atoms with E-state index in [1.165, 1.54) is 10.6 Å². The number of aryl methyl sites for hydroxylation is 3. The van der Waals surface area contributed by atoms with Crippen molar-refractivity contribution >= 4 is 15.7 Å². The first-order valence-electron chi connectivity index (χ1n) is 13.8. The van der Waals surface area contributed by atoms with Gasteiger partial charge in [0.05, 0.1) is 16.8 Å². The fourth-order valence-corrected chi connectivity index (χ4v) is 5.89. The van der Waals surface area contributed by atoms with E-state index < -0.39 is 9.84 Å². The molecule has 0 unspecified atom stereocenters. The fraction of sp³-hybridized carbons (Fsp3) is 0.419. The van der Waals surface area contributed by atoms with Crippen LogP contribution in [-0.4, -0.2) is 36.8 Å². The third kappa shape index (κ3) is 6.58. The number of pyridine rings is 1. The molecule has 4 rings (SSSR count). The molecule has 9 heteroatoms. The van der Waals surface area contributed by atoms with Crippen LogP contribution in [0.2, 0.25) is 0 Å². The van der Waals surface area contributed by atoms with Crippen molar-refractivity contribution in [1.82, 2.24) is 9.88 Å². The molecule has 1 N–H and O–H groups in total. The van der Waals surface area contributed by atoms with E-state index in [9.17, 15) is 18.0 Å². The minimum Gasteiger partial charge on any atom is -0.490 e. The van der Waals surface area contributed by atoms with E-state index in [4.69, 9.17) is 9.47 Å². The number of hydrogen-bond donors (Lipinski definition) is 1. The molecule has 1 aliphatic carbocycles. The monoisotopic (exact) mass is 566 g/mol. The molecule has 1 aromatic heterocycles. The van der Waals surface area contributed by atoms with Gasteiger partial charge in [-0.1, -0.05) is 32.0 Å². The van der Waals surface area contributed by atoms with Crippen LogP contribution in [-0.2, 0) is 21.7 Å². The lowest BCUT2D eigenvalue weighted by molar-refractivity contribution is -0.121.